The first kappa shape index (κ1) is 25.8. The zero-order chi connectivity index (χ0) is 27.9. The number of Topliss-reactive ketones (excluding diaryl/α,β-unsaturated/α-hetero) is 1. The standard InChI is InChI=1S/C29H34O10/c1-13(2)27-21(35-16(5)31)15(4)28-18-11-14(3)20(32)26(18,34)24(33)25(12-30)22(36-25)19(28)23(27)37-29(38-27,39-28)17-9-7-6-8-10-17/h6-10,14-15,18-19,21-24,30,33-34H,1,11-12H2,2-5H3/t14-,15-,18-,19+,21-,22+,23-,24-,25-,26-,27+,28+,29-/m1/s1. The number of hydrogen-bond donors (Lipinski definition) is 3. The van der Waals surface area contributed by atoms with Crippen LogP contribution in [0.4, 0.5) is 0 Å². The van der Waals surface area contributed by atoms with E-state index in [0.29, 0.717) is 11.1 Å². The summed E-state index contributed by atoms with van der Waals surface area (Å²) in [6, 6.07) is 9.06. The number of benzene rings is 1. The molecule has 3 aliphatic heterocycles. The second-order valence-corrected chi connectivity index (χ2v) is 12.4. The van der Waals surface area contributed by atoms with Crippen LogP contribution < -0.4 is 0 Å². The molecule has 3 heterocycles. The van der Waals surface area contributed by atoms with Crippen molar-refractivity contribution in [1.29, 1.82) is 0 Å². The summed E-state index contributed by atoms with van der Waals surface area (Å²) in [7, 11) is 0. The van der Waals surface area contributed by atoms with Crippen molar-refractivity contribution in [3.05, 3.63) is 48.0 Å². The molecule has 0 radical (unpaired) electrons. The second-order valence-electron chi connectivity index (χ2n) is 12.4. The van der Waals surface area contributed by atoms with Crippen molar-refractivity contribution in [3.8, 4) is 0 Å². The molecule has 0 amide bonds. The number of esters is 1. The minimum Gasteiger partial charge on any atom is -0.459 e. The van der Waals surface area contributed by atoms with E-state index in [0.717, 1.165) is 0 Å². The normalized spacial score (nSPS) is 54.4. The Morgan fingerprint density at radius 2 is 1.82 bits per heavy atom. The van der Waals surface area contributed by atoms with Crippen LogP contribution in [-0.4, -0.2) is 80.5 Å². The molecule has 10 nitrogen and oxygen atoms in total. The molecule has 6 aliphatic rings. The Morgan fingerprint density at radius 1 is 1.13 bits per heavy atom. The topological polar surface area (TPSA) is 144 Å². The maximum Gasteiger partial charge on any atom is 0.314 e. The van der Waals surface area contributed by atoms with Crippen molar-refractivity contribution >= 4 is 11.8 Å². The van der Waals surface area contributed by atoms with Crippen LogP contribution in [0.3, 0.4) is 0 Å². The maximum atomic E-state index is 13.7. The average Bonchev–Trinajstić information content (AvgIpc) is 3.53. The zero-order valence-corrected chi connectivity index (χ0v) is 22.3. The fourth-order valence-electron chi connectivity index (χ4n) is 8.94. The summed E-state index contributed by atoms with van der Waals surface area (Å²) < 4.78 is 32.7. The number of epoxide rings is 1. The van der Waals surface area contributed by atoms with Crippen LogP contribution >= 0.6 is 0 Å². The average molecular weight is 543 g/mol. The summed E-state index contributed by atoms with van der Waals surface area (Å²) in [5.74, 6) is -5.81. The fourth-order valence-corrected chi connectivity index (χ4v) is 8.94. The SMILES string of the molecule is C=C(C)[C@@]12O[C@@]3(c4ccccc4)O[C@@H]1[C@@H]1[C@@H]4O[C@@]4(CO)[C@@H](O)[C@]4(O)C(=O)[C@H](C)C[C@H]4[C@@]1(O3)[C@H](C)[C@H]2OC(C)=O. The van der Waals surface area contributed by atoms with Crippen LogP contribution in [0.25, 0.3) is 0 Å². The van der Waals surface area contributed by atoms with Crippen molar-refractivity contribution in [1.82, 2.24) is 0 Å². The second kappa shape index (κ2) is 7.55. The Balaban J connectivity index is 1.55. The third-order valence-electron chi connectivity index (χ3n) is 10.6. The van der Waals surface area contributed by atoms with Gasteiger partial charge < -0.3 is 39.0 Å². The van der Waals surface area contributed by atoms with E-state index >= 15 is 0 Å². The summed E-state index contributed by atoms with van der Waals surface area (Å²) in [5.41, 5.74) is -5.63. The molecule has 1 aromatic carbocycles. The predicted octanol–water partition coefficient (Wildman–Crippen LogP) is 0.954. The minimum absolute atomic E-state index is 0.200. The van der Waals surface area contributed by atoms with E-state index in [1.165, 1.54) is 6.92 Å². The summed E-state index contributed by atoms with van der Waals surface area (Å²) in [5, 5.41) is 34.5. The largest absolute Gasteiger partial charge is 0.459 e. The van der Waals surface area contributed by atoms with E-state index in [9.17, 15) is 24.9 Å². The zero-order valence-electron chi connectivity index (χ0n) is 22.3. The summed E-state index contributed by atoms with van der Waals surface area (Å²) in [6.07, 6.45) is -4.18. The van der Waals surface area contributed by atoms with Gasteiger partial charge in [-0.2, -0.15) is 0 Å². The van der Waals surface area contributed by atoms with Gasteiger partial charge in [-0.15, -0.1) is 0 Å². The van der Waals surface area contributed by atoms with Gasteiger partial charge in [0.15, 0.2) is 17.0 Å². The van der Waals surface area contributed by atoms with Gasteiger partial charge >= 0.3 is 11.9 Å². The van der Waals surface area contributed by atoms with Gasteiger partial charge in [0.1, 0.15) is 30.0 Å². The Bertz CT molecular complexity index is 1280. The predicted molar refractivity (Wildman–Crippen MR) is 132 cm³/mol. The molecule has 1 aromatic rings. The number of hydrogen-bond acceptors (Lipinski definition) is 10. The molecule has 0 spiro atoms. The first-order valence-corrected chi connectivity index (χ1v) is 13.6. The van der Waals surface area contributed by atoms with E-state index in [1.807, 2.05) is 25.1 Å². The van der Waals surface area contributed by atoms with Gasteiger partial charge in [0.2, 0.25) is 0 Å². The lowest BCUT2D eigenvalue weighted by molar-refractivity contribution is -0.443. The van der Waals surface area contributed by atoms with Gasteiger partial charge in [0, 0.05) is 36.2 Å². The molecular weight excluding hydrogens is 508 g/mol. The highest BCUT2D eigenvalue weighted by Gasteiger charge is 2.91. The Hall–Kier alpha value is -2.18. The molecule has 3 saturated heterocycles. The van der Waals surface area contributed by atoms with E-state index in [4.69, 9.17) is 23.7 Å². The van der Waals surface area contributed by atoms with E-state index in [1.54, 1.807) is 26.0 Å². The number of fused-ring (bicyclic) bond motifs is 3. The lowest BCUT2D eigenvalue weighted by Crippen LogP contribution is -2.76. The number of rotatable bonds is 4. The maximum absolute atomic E-state index is 13.7. The van der Waals surface area contributed by atoms with E-state index in [2.05, 4.69) is 6.58 Å². The van der Waals surface area contributed by atoms with Crippen molar-refractivity contribution in [3.63, 3.8) is 0 Å². The third-order valence-corrected chi connectivity index (χ3v) is 10.6. The molecule has 3 aliphatic carbocycles. The molecule has 6 fully saturated rings. The van der Waals surface area contributed by atoms with Crippen molar-refractivity contribution in [2.75, 3.05) is 6.61 Å². The number of aliphatic hydroxyl groups is 3. The van der Waals surface area contributed by atoms with Gasteiger partial charge in [-0.25, -0.2) is 0 Å². The van der Waals surface area contributed by atoms with Crippen LogP contribution in [0.2, 0.25) is 0 Å². The molecule has 3 bridgehead atoms. The lowest BCUT2D eigenvalue weighted by atomic mass is 9.52. The molecule has 39 heavy (non-hydrogen) atoms. The van der Waals surface area contributed by atoms with Crippen molar-refractivity contribution < 1.29 is 48.6 Å². The molecule has 13 atom stereocenters. The Morgan fingerprint density at radius 3 is 2.44 bits per heavy atom. The minimum atomic E-state index is -2.29. The summed E-state index contributed by atoms with van der Waals surface area (Å²) in [4.78, 5) is 26.2. The molecule has 0 unspecified atom stereocenters. The number of carbonyl (C=O) groups is 2. The van der Waals surface area contributed by atoms with Crippen LogP contribution in [-0.2, 0) is 39.2 Å². The Labute approximate surface area is 225 Å². The molecule has 10 heteroatoms. The van der Waals surface area contributed by atoms with Gasteiger partial charge in [-0.05, 0) is 18.9 Å². The fraction of sp³-hybridized carbons (Fsp3) is 0.655. The molecule has 3 saturated carbocycles. The Kier molecular flexibility index (Phi) is 4.99. The first-order chi connectivity index (χ1) is 18.4. The van der Waals surface area contributed by atoms with Gasteiger partial charge in [0.05, 0.1) is 12.2 Å². The van der Waals surface area contributed by atoms with Crippen molar-refractivity contribution in [2.24, 2.45) is 23.7 Å². The summed E-state index contributed by atoms with van der Waals surface area (Å²) >= 11 is 0. The van der Waals surface area contributed by atoms with Gasteiger partial charge in [-0.3, -0.25) is 9.59 Å². The van der Waals surface area contributed by atoms with Crippen molar-refractivity contribution in [2.45, 2.75) is 86.9 Å². The first-order valence-electron chi connectivity index (χ1n) is 13.6. The van der Waals surface area contributed by atoms with Gasteiger partial charge in [-0.1, -0.05) is 50.8 Å². The number of ether oxygens (including phenoxy) is 5. The number of ketones is 1. The molecule has 7 rings (SSSR count). The highest BCUT2D eigenvalue weighted by molar-refractivity contribution is 5.93. The summed E-state index contributed by atoms with van der Waals surface area (Å²) in [6.45, 7) is 10.2. The highest BCUT2D eigenvalue weighted by Crippen LogP contribution is 2.74. The van der Waals surface area contributed by atoms with Crippen LogP contribution in [0.5, 0.6) is 0 Å². The quantitative estimate of drug-likeness (QED) is 0.286. The molecule has 210 valence electrons. The van der Waals surface area contributed by atoms with Crippen LogP contribution in [0.15, 0.2) is 42.5 Å². The molecular formula is C29H34O10. The van der Waals surface area contributed by atoms with Gasteiger partial charge in [0.25, 0.3) is 0 Å². The third kappa shape index (κ3) is 2.63. The number of carbonyl (C=O) groups excluding carboxylic acids is 2. The van der Waals surface area contributed by atoms with Crippen LogP contribution in [0, 0.1) is 23.7 Å². The van der Waals surface area contributed by atoms with E-state index < -0.39 is 94.8 Å². The monoisotopic (exact) mass is 542 g/mol. The van der Waals surface area contributed by atoms with E-state index in [-0.39, 0.29) is 6.42 Å². The smallest absolute Gasteiger partial charge is 0.314 e. The lowest BCUT2D eigenvalue weighted by Gasteiger charge is -2.61. The van der Waals surface area contributed by atoms with Crippen LogP contribution in [0.1, 0.15) is 39.7 Å². The highest BCUT2D eigenvalue weighted by atomic mass is 16.9. The molecule has 0 aromatic heterocycles. The number of aliphatic hydroxyl groups excluding tert-OH is 2. The molecule has 3 N–H and O–H groups in total.